The number of hydrogen-bond donors (Lipinski definition) is 3. The zero-order valence-corrected chi connectivity index (χ0v) is 17.8. The Morgan fingerprint density at radius 2 is 1.19 bits per heavy atom. The van der Waals surface area contributed by atoms with Gasteiger partial charge in [-0.3, -0.25) is 25.2 Å². The maximum atomic E-state index is 12.8. The number of benzene rings is 3. The summed E-state index contributed by atoms with van der Waals surface area (Å²) in [7, 11) is 0. The number of rotatable bonds is 6. The second kappa shape index (κ2) is 10.6. The molecule has 6 nitrogen and oxygen atoms in total. The van der Waals surface area contributed by atoms with Crippen molar-refractivity contribution in [2.45, 2.75) is 12.5 Å². The lowest BCUT2D eigenvalue weighted by molar-refractivity contribution is -0.123. The van der Waals surface area contributed by atoms with Crippen LogP contribution in [0.4, 0.5) is 0 Å². The summed E-state index contributed by atoms with van der Waals surface area (Å²) < 4.78 is 0. The molecule has 0 aliphatic rings. The molecule has 0 aliphatic carbocycles. The van der Waals surface area contributed by atoms with Gasteiger partial charge in [0.25, 0.3) is 17.7 Å². The van der Waals surface area contributed by atoms with Gasteiger partial charge >= 0.3 is 0 Å². The van der Waals surface area contributed by atoms with E-state index in [1.807, 2.05) is 30.3 Å². The Balaban J connectivity index is 1.69. The number of hydrazine groups is 1. The Kier molecular flexibility index (Phi) is 7.65. The van der Waals surface area contributed by atoms with E-state index in [1.165, 1.54) is 12.1 Å². The van der Waals surface area contributed by atoms with Crippen molar-refractivity contribution in [3.05, 3.63) is 106 Å². The second-order valence-corrected chi connectivity index (χ2v) is 7.55. The number of carbonyl (C=O) groups is 3. The first-order valence-electron chi connectivity index (χ1n) is 9.38. The standard InChI is InChI=1S/C23H19Cl2N3O3/c24-18-10-6-16(7-11-18)21(29)26-20(14-15-4-2-1-3-5-15)23(31)28-27-22(30)17-8-12-19(25)13-9-17/h1-13,20H,14H2,(H,26,29)(H,27,30)(H,28,31)/t20-/m0/s1. The van der Waals surface area contributed by atoms with Crippen LogP contribution in [0.5, 0.6) is 0 Å². The summed E-state index contributed by atoms with van der Waals surface area (Å²) in [4.78, 5) is 37.6. The first-order valence-corrected chi connectivity index (χ1v) is 10.1. The Bertz CT molecular complexity index is 1060. The first-order chi connectivity index (χ1) is 14.9. The fourth-order valence-electron chi connectivity index (χ4n) is 2.78. The third-order valence-electron chi connectivity index (χ3n) is 4.42. The molecule has 3 N–H and O–H groups in total. The Morgan fingerprint density at radius 1 is 0.677 bits per heavy atom. The number of carbonyl (C=O) groups excluding carboxylic acids is 3. The molecule has 0 heterocycles. The van der Waals surface area contributed by atoms with Gasteiger partial charge in [-0.1, -0.05) is 53.5 Å². The lowest BCUT2D eigenvalue weighted by atomic mass is 10.0. The summed E-state index contributed by atoms with van der Waals surface area (Å²) in [6, 6.07) is 20.8. The second-order valence-electron chi connectivity index (χ2n) is 6.67. The SMILES string of the molecule is O=C(NNC(=O)[C@H](Cc1ccccc1)NC(=O)c1ccc(Cl)cc1)c1ccc(Cl)cc1. The van der Waals surface area contributed by atoms with Gasteiger partial charge < -0.3 is 5.32 Å². The number of nitrogens with one attached hydrogen (secondary N) is 3. The summed E-state index contributed by atoms with van der Waals surface area (Å²) in [5.41, 5.74) is 6.27. The van der Waals surface area contributed by atoms with Gasteiger partial charge in [-0.15, -0.1) is 0 Å². The summed E-state index contributed by atoms with van der Waals surface area (Å²) in [6.07, 6.45) is 0.239. The molecule has 3 amide bonds. The minimum atomic E-state index is -0.920. The van der Waals surface area contributed by atoms with E-state index < -0.39 is 23.8 Å². The van der Waals surface area contributed by atoms with E-state index in [9.17, 15) is 14.4 Å². The fourth-order valence-corrected chi connectivity index (χ4v) is 3.03. The molecular weight excluding hydrogens is 437 g/mol. The minimum Gasteiger partial charge on any atom is -0.340 e. The molecule has 0 saturated heterocycles. The van der Waals surface area contributed by atoms with Crippen LogP contribution < -0.4 is 16.2 Å². The molecular formula is C23H19Cl2N3O3. The van der Waals surface area contributed by atoms with Crippen LogP contribution in [0.1, 0.15) is 26.3 Å². The predicted molar refractivity (Wildman–Crippen MR) is 120 cm³/mol. The zero-order chi connectivity index (χ0) is 22.2. The van der Waals surface area contributed by atoms with E-state index in [1.54, 1.807) is 36.4 Å². The number of hydrogen-bond acceptors (Lipinski definition) is 3. The molecule has 0 spiro atoms. The van der Waals surface area contributed by atoms with Crippen molar-refractivity contribution in [3.8, 4) is 0 Å². The molecule has 0 fully saturated rings. The van der Waals surface area contributed by atoms with Gasteiger partial charge in [-0.2, -0.15) is 0 Å². The van der Waals surface area contributed by atoms with Crippen LogP contribution in [0.25, 0.3) is 0 Å². The average Bonchev–Trinajstić information content (AvgIpc) is 2.78. The van der Waals surface area contributed by atoms with Crippen molar-refractivity contribution in [2.24, 2.45) is 0 Å². The molecule has 0 aromatic heterocycles. The molecule has 31 heavy (non-hydrogen) atoms. The third kappa shape index (κ3) is 6.57. The van der Waals surface area contributed by atoms with E-state index in [0.717, 1.165) is 5.56 Å². The van der Waals surface area contributed by atoms with Crippen LogP contribution in [0.2, 0.25) is 10.0 Å². The van der Waals surface area contributed by atoms with Crippen LogP contribution in [-0.4, -0.2) is 23.8 Å². The van der Waals surface area contributed by atoms with E-state index in [2.05, 4.69) is 16.2 Å². The van der Waals surface area contributed by atoms with Gasteiger partial charge in [0.2, 0.25) is 0 Å². The average molecular weight is 456 g/mol. The van der Waals surface area contributed by atoms with Crippen LogP contribution in [0.3, 0.4) is 0 Å². The van der Waals surface area contributed by atoms with Gasteiger partial charge in [-0.25, -0.2) is 0 Å². The molecule has 3 rings (SSSR count). The van der Waals surface area contributed by atoms with Crippen LogP contribution in [0.15, 0.2) is 78.9 Å². The fraction of sp³-hybridized carbons (Fsp3) is 0.0870. The molecule has 0 aliphatic heterocycles. The zero-order valence-electron chi connectivity index (χ0n) is 16.3. The summed E-state index contributed by atoms with van der Waals surface area (Å²) in [5.74, 6) is -1.50. The van der Waals surface area contributed by atoms with Crippen LogP contribution in [0, 0.1) is 0 Å². The predicted octanol–water partition coefficient (Wildman–Crippen LogP) is 3.80. The molecule has 8 heteroatoms. The molecule has 158 valence electrons. The maximum absolute atomic E-state index is 12.8. The maximum Gasteiger partial charge on any atom is 0.269 e. The van der Waals surface area contributed by atoms with Crippen LogP contribution in [-0.2, 0) is 11.2 Å². The largest absolute Gasteiger partial charge is 0.340 e. The highest BCUT2D eigenvalue weighted by molar-refractivity contribution is 6.31. The minimum absolute atomic E-state index is 0.239. The van der Waals surface area contributed by atoms with Crippen molar-refractivity contribution in [1.82, 2.24) is 16.2 Å². The Hall–Kier alpha value is -3.35. The molecule has 0 radical (unpaired) electrons. The van der Waals surface area contributed by atoms with Gasteiger partial charge in [0.1, 0.15) is 6.04 Å². The number of amides is 3. The molecule has 1 atom stereocenters. The Labute approximate surface area is 189 Å². The summed E-state index contributed by atoms with van der Waals surface area (Å²) in [6.45, 7) is 0. The highest BCUT2D eigenvalue weighted by atomic mass is 35.5. The van der Waals surface area contributed by atoms with Crippen molar-refractivity contribution < 1.29 is 14.4 Å². The summed E-state index contributed by atoms with van der Waals surface area (Å²) in [5, 5.41) is 3.70. The Morgan fingerprint density at radius 3 is 1.74 bits per heavy atom. The van der Waals surface area contributed by atoms with Gasteiger partial charge in [-0.05, 0) is 54.1 Å². The van der Waals surface area contributed by atoms with E-state index in [0.29, 0.717) is 21.2 Å². The van der Waals surface area contributed by atoms with Crippen molar-refractivity contribution in [1.29, 1.82) is 0 Å². The van der Waals surface area contributed by atoms with E-state index in [-0.39, 0.29) is 6.42 Å². The van der Waals surface area contributed by atoms with Crippen molar-refractivity contribution in [2.75, 3.05) is 0 Å². The third-order valence-corrected chi connectivity index (χ3v) is 4.92. The van der Waals surface area contributed by atoms with Gasteiger partial charge in [0.15, 0.2) is 0 Å². The summed E-state index contributed by atoms with van der Waals surface area (Å²) >= 11 is 11.7. The highest BCUT2D eigenvalue weighted by Gasteiger charge is 2.22. The monoisotopic (exact) mass is 455 g/mol. The lowest BCUT2D eigenvalue weighted by Gasteiger charge is -2.19. The lowest BCUT2D eigenvalue weighted by Crippen LogP contribution is -2.53. The van der Waals surface area contributed by atoms with Gasteiger partial charge in [0.05, 0.1) is 0 Å². The van der Waals surface area contributed by atoms with Gasteiger partial charge in [0, 0.05) is 27.6 Å². The molecule has 3 aromatic carbocycles. The first kappa shape index (κ1) is 22.3. The topological polar surface area (TPSA) is 87.3 Å². The van der Waals surface area contributed by atoms with Crippen molar-refractivity contribution >= 4 is 40.9 Å². The van der Waals surface area contributed by atoms with Crippen LogP contribution >= 0.6 is 23.2 Å². The molecule has 3 aromatic rings. The smallest absolute Gasteiger partial charge is 0.269 e. The molecule has 0 bridgehead atoms. The number of halogens is 2. The highest BCUT2D eigenvalue weighted by Crippen LogP contribution is 2.11. The molecule has 0 saturated carbocycles. The van der Waals surface area contributed by atoms with E-state index in [4.69, 9.17) is 23.2 Å². The van der Waals surface area contributed by atoms with Crippen molar-refractivity contribution in [3.63, 3.8) is 0 Å². The normalized spacial score (nSPS) is 11.3. The van der Waals surface area contributed by atoms with E-state index >= 15 is 0 Å². The molecule has 0 unspecified atom stereocenters. The quantitative estimate of drug-likeness (QED) is 0.494.